The number of nitrogens with zero attached hydrogens (tertiary/aromatic N) is 1. The second kappa shape index (κ2) is 8.06. The summed E-state index contributed by atoms with van der Waals surface area (Å²) in [7, 11) is 2.67. The zero-order valence-corrected chi connectivity index (χ0v) is 13.7. The number of aromatic carboxylic acids is 1. The van der Waals surface area contributed by atoms with Gasteiger partial charge >= 0.3 is 5.97 Å². The van der Waals surface area contributed by atoms with E-state index in [0.717, 1.165) is 6.04 Å². The molecule has 0 unspecified atom stereocenters. The van der Waals surface area contributed by atoms with Gasteiger partial charge in [-0.2, -0.15) is 0 Å². The lowest BCUT2D eigenvalue weighted by Crippen LogP contribution is -2.21. The highest BCUT2D eigenvalue weighted by Gasteiger charge is 2.27. The normalized spacial score (nSPS) is 17.8. The fourth-order valence-electron chi connectivity index (χ4n) is 2.89. The van der Waals surface area contributed by atoms with Crippen LogP contribution in [0.2, 0.25) is 0 Å². The van der Waals surface area contributed by atoms with Crippen LogP contribution < -0.4 is 9.47 Å². The molecular formula is C17H25NO5. The minimum absolute atomic E-state index is 0.00324. The number of carbonyl (C=O) groups is 1. The molecule has 0 aromatic heterocycles. The number of phenolic OH excluding ortho intramolecular Hbond substituents is 1. The first-order chi connectivity index (χ1) is 11.1. The molecule has 23 heavy (non-hydrogen) atoms. The molecule has 0 radical (unpaired) electrons. The van der Waals surface area contributed by atoms with Crippen LogP contribution >= 0.6 is 0 Å². The van der Waals surface area contributed by atoms with Crippen LogP contribution in [0, 0.1) is 0 Å². The van der Waals surface area contributed by atoms with E-state index in [4.69, 9.17) is 14.6 Å². The molecule has 1 aliphatic carbocycles. The molecule has 1 aliphatic heterocycles. The van der Waals surface area contributed by atoms with Gasteiger partial charge in [-0.3, -0.25) is 4.90 Å². The van der Waals surface area contributed by atoms with E-state index in [9.17, 15) is 9.90 Å². The van der Waals surface area contributed by atoms with Crippen LogP contribution in [0.4, 0.5) is 0 Å². The zero-order valence-electron chi connectivity index (χ0n) is 13.7. The Hall–Kier alpha value is -1.95. The van der Waals surface area contributed by atoms with Gasteiger partial charge in [0.15, 0.2) is 11.5 Å². The number of carboxylic acids is 1. The monoisotopic (exact) mass is 323 g/mol. The molecule has 0 atom stereocenters. The highest BCUT2D eigenvalue weighted by Crippen LogP contribution is 2.36. The lowest BCUT2D eigenvalue weighted by Gasteiger charge is -2.22. The number of hydrogen-bond donors (Lipinski definition) is 2. The van der Waals surface area contributed by atoms with Gasteiger partial charge in [-0.15, -0.1) is 0 Å². The van der Waals surface area contributed by atoms with Crippen molar-refractivity contribution in [3.63, 3.8) is 0 Å². The average molecular weight is 323 g/mol. The van der Waals surface area contributed by atoms with Crippen molar-refractivity contribution in [2.75, 3.05) is 27.3 Å². The summed E-state index contributed by atoms with van der Waals surface area (Å²) in [5.74, 6) is -1.18. The second-order valence-corrected chi connectivity index (χ2v) is 5.86. The van der Waals surface area contributed by atoms with Crippen molar-refractivity contribution in [1.29, 1.82) is 0 Å². The molecule has 0 spiro atoms. The van der Waals surface area contributed by atoms with Crippen molar-refractivity contribution in [3.05, 3.63) is 17.7 Å². The smallest absolute Gasteiger partial charge is 0.335 e. The lowest BCUT2D eigenvalue weighted by molar-refractivity contribution is 0.0696. The van der Waals surface area contributed by atoms with E-state index >= 15 is 0 Å². The number of methoxy groups -OCH3 is 2. The molecule has 3 rings (SSSR count). The molecule has 1 aromatic carbocycles. The Morgan fingerprint density at radius 1 is 1.09 bits per heavy atom. The minimum atomic E-state index is -1.11. The fraction of sp³-hybridized carbons (Fsp3) is 0.588. The maximum atomic E-state index is 10.7. The second-order valence-electron chi connectivity index (χ2n) is 5.86. The zero-order chi connectivity index (χ0) is 16.8. The lowest BCUT2D eigenvalue weighted by atomic mass is 9.96. The Morgan fingerprint density at radius 3 is 2.00 bits per heavy atom. The van der Waals surface area contributed by atoms with E-state index in [1.807, 2.05) is 0 Å². The van der Waals surface area contributed by atoms with Crippen LogP contribution in [-0.4, -0.2) is 54.4 Å². The number of rotatable bonds is 4. The van der Waals surface area contributed by atoms with Crippen LogP contribution in [0.25, 0.3) is 0 Å². The summed E-state index contributed by atoms with van der Waals surface area (Å²) in [6, 6.07) is 3.44. The maximum absolute atomic E-state index is 10.7. The predicted molar refractivity (Wildman–Crippen MR) is 86.6 cm³/mol. The highest BCUT2D eigenvalue weighted by atomic mass is 16.5. The molecule has 1 aromatic rings. The van der Waals surface area contributed by atoms with E-state index in [-0.39, 0.29) is 22.8 Å². The number of ether oxygens (including phenoxy) is 2. The summed E-state index contributed by atoms with van der Waals surface area (Å²) in [6.07, 6.45) is 7.44. The Balaban J connectivity index is 0.000000182. The molecule has 1 saturated heterocycles. The van der Waals surface area contributed by atoms with Crippen molar-refractivity contribution < 1.29 is 24.5 Å². The molecule has 0 amide bonds. The molecule has 2 N–H and O–H groups in total. The topological polar surface area (TPSA) is 79.0 Å². The molecule has 1 saturated carbocycles. The largest absolute Gasteiger partial charge is 0.502 e. The molecule has 0 bridgehead atoms. The molecule has 6 heteroatoms. The molecule has 128 valence electrons. The van der Waals surface area contributed by atoms with E-state index in [1.165, 1.54) is 71.5 Å². The highest BCUT2D eigenvalue weighted by molar-refractivity contribution is 5.89. The third-order valence-electron chi connectivity index (χ3n) is 4.30. The SMILES string of the molecule is C1CCC(N2CC2)CC1.COc1cc(C(=O)O)cc(OC)c1O. The standard InChI is InChI=1S/C9H10O5.C8H15N/c1-13-6-3-5(9(11)12)4-7(14-2)8(6)10;1-2-4-8(5-3-1)9-6-7-9/h3-4,10H,1-2H3,(H,11,12);8H,1-7H2. The average Bonchev–Trinajstić information content (AvgIpc) is 3.41. The van der Waals surface area contributed by atoms with Gasteiger partial charge in [-0.1, -0.05) is 19.3 Å². The Labute approximate surface area is 136 Å². The van der Waals surface area contributed by atoms with Gasteiger partial charge in [0.1, 0.15) is 0 Å². The van der Waals surface area contributed by atoms with Gasteiger partial charge in [0.2, 0.25) is 5.75 Å². The molecule has 1 heterocycles. The van der Waals surface area contributed by atoms with Gasteiger partial charge in [-0.25, -0.2) is 4.79 Å². The van der Waals surface area contributed by atoms with Gasteiger partial charge in [0, 0.05) is 19.1 Å². The van der Waals surface area contributed by atoms with Crippen molar-refractivity contribution in [3.8, 4) is 17.2 Å². The Bertz CT molecular complexity index is 511. The third kappa shape index (κ3) is 4.76. The number of phenols is 1. The van der Waals surface area contributed by atoms with Gasteiger partial charge in [0.25, 0.3) is 0 Å². The van der Waals surface area contributed by atoms with E-state index in [0.29, 0.717) is 0 Å². The van der Waals surface area contributed by atoms with Crippen molar-refractivity contribution >= 4 is 5.97 Å². The molecule has 2 fully saturated rings. The van der Waals surface area contributed by atoms with Crippen molar-refractivity contribution in [2.45, 2.75) is 38.1 Å². The summed E-state index contributed by atoms with van der Waals surface area (Å²) in [5, 5.41) is 18.2. The number of aromatic hydroxyl groups is 1. The van der Waals surface area contributed by atoms with E-state index in [2.05, 4.69) is 4.90 Å². The van der Waals surface area contributed by atoms with Crippen LogP contribution in [0.1, 0.15) is 42.5 Å². The Morgan fingerprint density at radius 2 is 1.61 bits per heavy atom. The number of hydrogen-bond acceptors (Lipinski definition) is 5. The Kier molecular flexibility index (Phi) is 6.10. The maximum Gasteiger partial charge on any atom is 0.335 e. The van der Waals surface area contributed by atoms with E-state index in [1.54, 1.807) is 0 Å². The van der Waals surface area contributed by atoms with Crippen LogP contribution in [0.3, 0.4) is 0 Å². The first-order valence-corrected chi connectivity index (χ1v) is 7.99. The van der Waals surface area contributed by atoms with Crippen molar-refractivity contribution in [1.82, 2.24) is 4.90 Å². The summed E-state index contributed by atoms with van der Waals surface area (Å²) in [4.78, 5) is 13.3. The summed E-state index contributed by atoms with van der Waals surface area (Å²) in [6.45, 7) is 2.79. The molecular weight excluding hydrogens is 298 g/mol. The summed E-state index contributed by atoms with van der Waals surface area (Å²) < 4.78 is 9.57. The van der Waals surface area contributed by atoms with Gasteiger partial charge in [0.05, 0.1) is 19.8 Å². The van der Waals surface area contributed by atoms with Gasteiger partial charge in [-0.05, 0) is 25.0 Å². The number of benzene rings is 1. The first kappa shape index (κ1) is 17.4. The third-order valence-corrected chi connectivity index (χ3v) is 4.30. The molecule has 2 aliphatic rings. The quantitative estimate of drug-likeness (QED) is 0.830. The van der Waals surface area contributed by atoms with Gasteiger partial charge < -0.3 is 19.7 Å². The van der Waals surface area contributed by atoms with Crippen LogP contribution in [-0.2, 0) is 0 Å². The summed E-state index contributed by atoms with van der Waals surface area (Å²) >= 11 is 0. The van der Waals surface area contributed by atoms with Crippen molar-refractivity contribution in [2.24, 2.45) is 0 Å². The number of carboxylic acid groups (broad SMARTS) is 1. The van der Waals surface area contributed by atoms with Crippen LogP contribution in [0.15, 0.2) is 12.1 Å². The van der Waals surface area contributed by atoms with E-state index < -0.39 is 5.97 Å². The molecule has 6 nitrogen and oxygen atoms in total. The summed E-state index contributed by atoms with van der Waals surface area (Å²) in [5.41, 5.74) is -0.00324. The first-order valence-electron chi connectivity index (χ1n) is 7.99. The predicted octanol–water partition coefficient (Wildman–Crippen LogP) is 2.74. The van der Waals surface area contributed by atoms with Crippen LogP contribution in [0.5, 0.6) is 17.2 Å². The minimum Gasteiger partial charge on any atom is -0.502 e. The fourth-order valence-corrected chi connectivity index (χ4v) is 2.89.